The van der Waals surface area contributed by atoms with Crippen molar-refractivity contribution < 1.29 is 19.5 Å². The van der Waals surface area contributed by atoms with Crippen LogP contribution in [-0.4, -0.2) is 82.2 Å². The number of thiocarbonyl (C=S) groups is 1. The number of amides is 3. The maximum Gasteiger partial charge on any atom is 0.405 e. The van der Waals surface area contributed by atoms with Crippen molar-refractivity contribution in [3.05, 3.63) is 96.1 Å². The Morgan fingerprint density at radius 1 is 0.935 bits per heavy atom. The van der Waals surface area contributed by atoms with E-state index < -0.39 is 17.7 Å². The van der Waals surface area contributed by atoms with Gasteiger partial charge in [-0.2, -0.15) is 0 Å². The standard InChI is InChI=1S/C36H45N5O4S/c1-36(2,39-35(44)45)20-10-15-32(42)41(4)31(23-26-16-17-27-13-8-9-14-28(27)21-26)33(43)40(3)30(22-25-11-6-5-7-12-25)24-37-34(46)38-29-18-19-29/h5-17,21,29-31,39H,18-20,22-24H2,1-4H3,(H,44,45)(H2,37,38,46)/t30-,31-/m1/s1. The van der Waals surface area contributed by atoms with Gasteiger partial charge in [-0.3, -0.25) is 9.59 Å². The molecule has 4 rings (SSSR count). The maximum atomic E-state index is 14.4. The van der Waals surface area contributed by atoms with Gasteiger partial charge in [0.2, 0.25) is 11.8 Å². The van der Waals surface area contributed by atoms with E-state index in [-0.39, 0.29) is 17.9 Å². The van der Waals surface area contributed by atoms with Crippen LogP contribution < -0.4 is 16.0 Å². The van der Waals surface area contributed by atoms with Crippen LogP contribution in [0.5, 0.6) is 0 Å². The van der Waals surface area contributed by atoms with Crippen molar-refractivity contribution in [2.75, 3.05) is 20.6 Å². The fourth-order valence-corrected chi connectivity index (χ4v) is 5.62. The van der Waals surface area contributed by atoms with E-state index in [1.165, 1.54) is 11.0 Å². The number of nitrogens with zero attached hydrogens (tertiary/aromatic N) is 2. The minimum Gasteiger partial charge on any atom is -0.465 e. The third-order valence-electron chi connectivity index (χ3n) is 8.30. The predicted octanol–water partition coefficient (Wildman–Crippen LogP) is 4.90. The molecule has 0 spiro atoms. The highest BCUT2D eigenvalue weighted by molar-refractivity contribution is 7.80. The Kier molecular flexibility index (Phi) is 11.8. The summed E-state index contributed by atoms with van der Waals surface area (Å²) in [5.41, 5.74) is 1.27. The second-order valence-electron chi connectivity index (χ2n) is 12.7. The molecule has 1 aliphatic carbocycles. The number of carboxylic acid groups (broad SMARTS) is 1. The number of benzene rings is 3. The van der Waals surface area contributed by atoms with Gasteiger partial charge in [0.25, 0.3) is 0 Å². The van der Waals surface area contributed by atoms with Crippen LogP contribution in [-0.2, 0) is 22.4 Å². The van der Waals surface area contributed by atoms with Crippen molar-refractivity contribution in [1.82, 2.24) is 25.8 Å². The summed E-state index contributed by atoms with van der Waals surface area (Å²) < 4.78 is 0. The first-order chi connectivity index (χ1) is 21.9. The van der Waals surface area contributed by atoms with Crippen LogP contribution in [0.3, 0.4) is 0 Å². The number of carbonyl (C=O) groups excluding carboxylic acids is 2. The van der Waals surface area contributed by atoms with E-state index in [0.29, 0.717) is 37.0 Å². The lowest BCUT2D eigenvalue weighted by atomic mass is 9.98. The molecule has 0 aliphatic heterocycles. The minimum atomic E-state index is -1.13. The van der Waals surface area contributed by atoms with Crippen molar-refractivity contribution in [1.29, 1.82) is 0 Å². The number of hydrogen-bond donors (Lipinski definition) is 4. The van der Waals surface area contributed by atoms with Crippen molar-refractivity contribution >= 4 is 46.0 Å². The number of likely N-dealkylation sites (N-methyl/N-ethyl adjacent to an activating group) is 2. The van der Waals surface area contributed by atoms with E-state index >= 15 is 0 Å². The molecule has 0 heterocycles. The topological polar surface area (TPSA) is 114 Å². The number of nitrogens with one attached hydrogen (secondary N) is 3. The zero-order valence-electron chi connectivity index (χ0n) is 27.0. The van der Waals surface area contributed by atoms with Crippen LogP contribution in [0.1, 0.15) is 44.2 Å². The first kappa shape index (κ1) is 34.4. The molecular formula is C36H45N5O4S. The molecule has 0 bridgehead atoms. The van der Waals surface area contributed by atoms with E-state index in [9.17, 15) is 14.4 Å². The molecule has 10 heteroatoms. The molecule has 0 aromatic heterocycles. The summed E-state index contributed by atoms with van der Waals surface area (Å²) in [6.45, 7) is 3.93. The van der Waals surface area contributed by atoms with Gasteiger partial charge in [-0.05, 0) is 79.7 Å². The average molecular weight is 644 g/mol. The van der Waals surface area contributed by atoms with Crippen LogP contribution in [0.15, 0.2) is 84.9 Å². The van der Waals surface area contributed by atoms with Gasteiger partial charge in [0, 0.05) is 38.6 Å². The third-order valence-corrected chi connectivity index (χ3v) is 8.56. The van der Waals surface area contributed by atoms with Crippen LogP contribution in [0, 0.1) is 0 Å². The molecule has 1 aliphatic rings. The second kappa shape index (κ2) is 15.7. The summed E-state index contributed by atoms with van der Waals surface area (Å²) >= 11 is 5.52. The van der Waals surface area contributed by atoms with Crippen LogP contribution in [0.25, 0.3) is 10.8 Å². The van der Waals surface area contributed by atoms with Crippen molar-refractivity contribution in [3.63, 3.8) is 0 Å². The summed E-state index contributed by atoms with van der Waals surface area (Å²) in [4.78, 5) is 42.3. The summed E-state index contributed by atoms with van der Waals surface area (Å²) in [5, 5.41) is 20.9. The zero-order valence-corrected chi connectivity index (χ0v) is 27.8. The van der Waals surface area contributed by atoms with Gasteiger partial charge < -0.3 is 30.9 Å². The fourth-order valence-electron chi connectivity index (χ4n) is 5.37. The molecule has 0 saturated heterocycles. The number of carbonyl (C=O) groups is 3. The largest absolute Gasteiger partial charge is 0.465 e. The zero-order chi connectivity index (χ0) is 33.3. The highest BCUT2D eigenvalue weighted by Crippen LogP contribution is 2.21. The third kappa shape index (κ3) is 10.3. The maximum absolute atomic E-state index is 14.4. The molecule has 1 saturated carbocycles. The molecule has 9 nitrogen and oxygen atoms in total. The van der Waals surface area contributed by atoms with Gasteiger partial charge in [-0.25, -0.2) is 4.79 Å². The highest BCUT2D eigenvalue weighted by Gasteiger charge is 2.32. The Hall–Kier alpha value is -4.44. The van der Waals surface area contributed by atoms with Gasteiger partial charge in [-0.15, -0.1) is 0 Å². The molecule has 1 fully saturated rings. The average Bonchev–Trinajstić information content (AvgIpc) is 3.84. The van der Waals surface area contributed by atoms with Gasteiger partial charge in [0.15, 0.2) is 5.11 Å². The Labute approximate surface area is 277 Å². The summed E-state index contributed by atoms with van der Waals surface area (Å²) in [7, 11) is 3.43. The molecule has 244 valence electrons. The smallest absolute Gasteiger partial charge is 0.405 e. The minimum absolute atomic E-state index is 0.186. The van der Waals surface area contributed by atoms with E-state index in [0.717, 1.165) is 34.7 Å². The molecule has 3 aromatic rings. The normalized spacial score (nSPS) is 14.3. The lowest BCUT2D eigenvalue weighted by Crippen LogP contribution is -2.55. The quantitative estimate of drug-likeness (QED) is 0.146. The lowest BCUT2D eigenvalue weighted by Gasteiger charge is -2.35. The van der Waals surface area contributed by atoms with Gasteiger partial charge in [0.05, 0.1) is 6.04 Å². The van der Waals surface area contributed by atoms with Crippen LogP contribution in [0.2, 0.25) is 0 Å². The molecule has 3 amide bonds. The van der Waals surface area contributed by atoms with Gasteiger partial charge in [-0.1, -0.05) is 78.9 Å². The lowest BCUT2D eigenvalue weighted by molar-refractivity contribution is -0.142. The Bertz CT molecular complexity index is 1560. The summed E-state index contributed by atoms with van der Waals surface area (Å²) in [5.74, 6) is -0.528. The number of rotatable bonds is 14. The molecule has 3 aromatic carbocycles. The highest BCUT2D eigenvalue weighted by atomic mass is 32.1. The van der Waals surface area contributed by atoms with Crippen LogP contribution in [0.4, 0.5) is 4.79 Å². The molecule has 46 heavy (non-hydrogen) atoms. The van der Waals surface area contributed by atoms with Gasteiger partial charge >= 0.3 is 6.09 Å². The number of hydrogen-bond acceptors (Lipinski definition) is 4. The van der Waals surface area contributed by atoms with E-state index in [4.69, 9.17) is 17.3 Å². The molecule has 0 unspecified atom stereocenters. The SMILES string of the molecule is CN(C(=O)[C@@H](Cc1ccc2ccccc2c1)N(C)C(=O)C=CCC(C)(C)NC(=O)O)[C@@H](CNC(=S)NC1CC1)Cc1ccccc1. The van der Waals surface area contributed by atoms with E-state index in [1.54, 1.807) is 38.9 Å². The molecule has 2 atom stereocenters. The first-order valence-electron chi connectivity index (χ1n) is 15.7. The number of fused-ring (bicyclic) bond motifs is 1. The monoisotopic (exact) mass is 643 g/mol. The van der Waals surface area contributed by atoms with Crippen molar-refractivity contribution in [2.45, 2.75) is 69.6 Å². The molecule has 0 radical (unpaired) electrons. The molecular weight excluding hydrogens is 598 g/mol. The fraction of sp³-hybridized carbons (Fsp3) is 0.389. The Balaban J connectivity index is 1.58. The Morgan fingerprint density at radius 3 is 2.28 bits per heavy atom. The van der Waals surface area contributed by atoms with E-state index in [2.05, 4.69) is 22.0 Å². The van der Waals surface area contributed by atoms with E-state index in [1.807, 2.05) is 66.7 Å². The molecule has 4 N–H and O–H groups in total. The summed E-state index contributed by atoms with van der Waals surface area (Å²) in [6, 6.07) is 23.5. The predicted molar refractivity (Wildman–Crippen MR) is 187 cm³/mol. The van der Waals surface area contributed by atoms with Gasteiger partial charge in [0.1, 0.15) is 6.04 Å². The first-order valence-corrected chi connectivity index (χ1v) is 16.1. The second-order valence-corrected chi connectivity index (χ2v) is 13.1. The van der Waals surface area contributed by atoms with Crippen LogP contribution >= 0.6 is 12.2 Å². The van der Waals surface area contributed by atoms with Crippen molar-refractivity contribution in [3.8, 4) is 0 Å². The summed E-state index contributed by atoms with van der Waals surface area (Å²) in [6.07, 6.45) is 5.37. The van der Waals surface area contributed by atoms with Crippen molar-refractivity contribution in [2.24, 2.45) is 0 Å². The Morgan fingerprint density at radius 2 is 1.61 bits per heavy atom.